The molecule has 0 aliphatic carbocycles. The van der Waals surface area contributed by atoms with Crippen molar-refractivity contribution in [3.05, 3.63) is 0 Å². The largest absolute Gasteiger partial charge is 0.334 e. The molecule has 2 N–H and O–H groups in total. The number of hydrogen-bond acceptors (Lipinski definition) is 2. The lowest BCUT2D eigenvalue weighted by Gasteiger charge is -2.49. The number of unbranched alkanes of at least 4 members (excludes halogenated alkanes) is 6. The van der Waals surface area contributed by atoms with Gasteiger partial charge in [-0.25, -0.2) is 0 Å². The first kappa shape index (κ1) is 17.5. The number of hydrogen-bond donors (Lipinski definition) is 1. The highest BCUT2D eigenvalue weighted by molar-refractivity contribution is 5.88. The van der Waals surface area contributed by atoms with Crippen molar-refractivity contribution < 1.29 is 4.79 Å². The monoisotopic (exact) mass is 282 g/mol. The van der Waals surface area contributed by atoms with Crippen LogP contribution >= 0.6 is 0 Å². The Morgan fingerprint density at radius 1 is 1.05 bits per heavy atom. The number of likely N-dealkylation sites (tertiary alicyclic amines) is 1. The van der Waals surface area contributed by atoms with Crippen molar-refractivity contribution in [2.45, 2.75) is 96.6 Å². The van der Waals surface area contributed by atoms with Gasteiger partial charge in [-0.2, -0.15) is 0 Å². The minimum atomic E-state index is -0.236. The second kappa shape index (κ2) is 8.66. The summed E-state index contributed by atoms with van der Waals surface area (Å²) in [6, 6.07) is -0.236. The molecule has 2 unspecified atom stereocenters. The maximum Gasteiger partial charge on any atom is 0.241 e. The molecule has 2 atom stereocenters. The van der Waals surface area contributed by atoms with Crippen LogP contribution in [0.15, 0.2) is 0 Å². The number of rotatable bonds is 11. The molecule has 0 spiro atoms. The highest BCUT2D eigenvalue weighted by atomic mass is 16.2. The Hall–Kier alpha value is -0.570. The van der Waals surface area contributed by atoms with E-state index >= 15 is 0 Å². The van der Waals surface area contributed by atoms with E-state index in [-0.39, 0.29) is 17.5 Å². The fourth-order valence-electron chi connectivity index (χ4n) is 3.20. The normalized spacial score (nSPS) is 21.7. The summed E-state index contributed by atoms with van der Waals surface area (Å²) in [5.41, 5.74) is 5.82. The predicted molar refractivity (Wildman–Crippen MR) is 85.6 cm³/mol. The summed E-state index contributed by atoms with van der Waals surface area (Å²) < 4.78 is 0. The maximum absolute atomic E-state index is 12.0. The predicted octanol–water partition coefficient (Wildman–Crippen LogP) is 3.86. The number of carbonyl (C=O) groups is 1. The first-order chi connectivity index (χ1) is 9.55. The zero-order valence-corrected chi connectivity index (χ0v) is 13.8. The summed E-state index contributed by atoms with van der Waals surface area (Å²) in [4.78, 5) is 14.0. The molecule has 0 aromatic carbocycles. The van der Waals surface area contributed by atoms with Crippen LogP contribution < -0.4 is 5.73 Å². The Bertz CT molecular complexity index is 293. The van der Waals surface area contributed by atoms with E-state index in [0.29, 0.717) is 0 Å². The van der Waals surface area contributed by atoms with E-state index in [1.54, 1.807) is 0 Å². The van der Waals surface area contributed by atoms with Crippen molar-refractivity contribution in [1.29, 1.82) is 0 Å². The van der Waals surface area contributed by atoms with E-state index in [0.717, 1.165) is 19.4 Å². The van der Waals surface area contributed by atoms with Gasteiger partial charge in [-0.05, 0) is 19.8 Å². The zero-order valence-electron chi connectivity index (χ0n) is 13.8. The van der Waals surface area contributed by atoms with Crippen molar-refractivity contribution in [3.63, 3.8) is 0 Å². The first-order valence-corrected chi connectivity index (χ1v) is 8.62. The Balaban J connectivity index is 2.44. The van der Waals surface area contributed by atoms with Crippen LogP contribution in [0, 0.1) is 0 Å². The smallest absolute Gasteiger partial charge is 0.241 e. The van der Waals surface area contributed by atoms with E-state index in [9.17, 15) is 4.79 Å². The minimum Gasteiger partial charge on any atom is -0.334 e. The number of nitrogens with two attached hydrogens (primary N) is 1. The molecule has 1 rings (SSSR count). The molecule has 1 saturated heterocycles. The SMILES string of the molecule is CCCCCCCC(C)(CCCCC)N1CC(N)C1=O. The molecule has 0 radical (unpaired) electrons. The fourth-order valence-corrected chi connectivity index (χ4v) is 3.20. The molecule has 3 nitrogen and oxygen atoms in total. The van der Waals surface area contributed by atoms with Crippen LogP contribution in [0.25, 0.3) is 0 Å². The molecule has 0 aromatic heterocycles. The van der Waals surface area contributed by atoms with Crippen LogP contribution in [0.2, 0.25) is 0 Å². The summed E-state index contributed by atoms with van der Waals surface area (Å²) >= 11 is 0. The van der Waals surface area contributed by atoms with Crippen LogP contribution in [0.4, 0.5) is 0 Å². The summed E-state index contributed by atoms with van der Waals surface area (Å²) in [6.07, 6.45) is 12.5. The Morgan fingerprint density at radius 3 is 2.05 bits per heavy atom. The standard InChI is InChI=1S/C17H34N2O/c1-4-6-8-9-11-13-17(3,12-10-7-5-2)19-14-15(18)16(19)20/h15H,4-14,18H2,1-3H3. The number of β-lactam (4-membered cyclic amide) rings is 1. The van der Waals surface area contributed by atoms with Gasteiger partial charge in [-0.1, -0.05) is 65.2 Å². The number of carbonyl (C=O) groups excluding carboxylic acids is 1. The molecule has 0 bridgehead atoms. The molecule has 1 fully saturated rings. The Morgan fingerprint density at radius 2 is 1.55 bits per heavy atom. The fraction of sp³-hybridized carbons (Fsp3) is 0.941. The molecular weight excluding hydrogens is 248 g/mol. The molecule has 1 aliphatic heterocycles. The van der Waals surface area contributed by atoms with Gasteiger partial charge in [0.05, 0.1) is 0 Å². The van der Waals surface area contributed by atoms with Gasteiger partial charge in [-0.15, -0.1) is 0 Å². The number of nitrogens with zero attached hydrogens (tertiary/aromatic N) is 1. The van der Waals surface area contributed by atoms with Crippen molar-refractivity contribution in [2.75, 3.05) is 6.54 Å². The summed E-state index contributed by atoms with van der Waals surface area (Å²) in [5, 5.41) is 0. The first-order valence-electron chi connectivity index (χ1n) is 8.62. The molecule has 20 heavy (non-hydrogen) atoms. The van der Waals surface area contributed by atoms with Crippen LogP contribution in [0.5, 0.6) is 0 Å². The van der Waals surface area contributed by atoms with Crippen LogP contribution in [0.3, 0.4) is 0 Å². The van der Waals surface area contributed by atoms with Crippen molar-refractivity contribution >= 4 is 5.91 Å². The highest BCUT2D eigenvalue weighted by Crippen LogP contribution is 2.33. The average Bonchev–Trinajstić information content (AvgIpc) is 2.44. The Kier molecular flexibility index (Phi) is 7.57. The van der Waals surface area contributed by atoms with Gasteiger partial charge >= 0.3 is 0 Å². The molecule has 3 heteroatoms. The van der Waals surface area contributed by atoms with Gasteiger partial charge in [0.25, 0.3) is 0 Å². The molecule has 1 heterocycles. The maximum atomic E-state index is 12.0. The van der Waals surface area contributed by atoms with Crippen molar-refractivity contribution in [1.82, 2.24) is 4.90 Å². The summed E-state index contributed by atoms with van der Waals surface area (Å²) in [5.74, 6) is 0.164. The summed E-state index contributed by atoms with van der Waals surface area (Å²) in [7, 11) is 0. The van der Waals surface area contributed by atoms with E-state index in [1.165, 1.54) is 51.4 Å². The topological polar surface area (TPSA) is 46.3 Å². The minimum absolute atomic E-state index is 0.0499. The van der Waals surface area contributed by atoms with Crippen molar-refractivity contribution in [3.8, 4) is 0 Å². The van der Waals surface area contributed by atoms with Crippen molar-refractivity contribution in [2.24, 2.45) is 5.73 Å². The molecule has 1 amide bonds. The lowest BCUT2D eigenvalue weighted by Crippen LogP contribution is -2.68. The molecule has 0 saturated carbocycles. The summed E-state index contributed by atoms with van der Waals surface area (Å²) in [6.45, 7) is 7.50. The molecule has 1 aliphatic rings. The second-order valence-electron chi connectivity index (χ2n) is 6.67. The van der Waals surface area contributed by atoms with Gasteiger partial charge in [0, 0.05) is 12.1 Å². The van der Waals surface area contributed by atoms with Gasteiger partial charge in [0.2, 0.25) is 5.91 Å². The third-order valence-corrected chi connectivity index (χ3v) is 4.75. The van der Waals surface area contributed by atoms with E-state index in [4.69, 9.17) is 5.73 Å². The lowest BCUT2D eigenvalue weighted by molar-refractivity contribution is -0.151. The number of amides is 1. The third-order valence-electron chi connectivity index (χ3n) is 4.75. The van der Waals surface area contributed by atoms with Crippen LogP contribution in [-0.4, -0.2) is 28.9 Å². The van der Waals surface area contributed by atoms with Crippen LogP contribution in [0.1, 0.15) is 85.0 Å². The van der Waals surface area contributed by atoms with Gasteiger partial charge < -0.3 is 10.6 Å². The molecule has 0 aromatic rings. The lowest BCUT2D eigenvalue weighted by atomic mass is 9.83. The van der Waals surface area contributed by atoms with E-state index < -0.39 is 0 Å². The van der Waals surface area contributed by atoms with Gasteiger partial charge in [0.15, 0.2) is 0 Å². The van der Waals surface area contributed by atoms with Crippen LogP contribution in [-0.2, 0) is 4.79 Å². The Labute approximate surface area is 125 Å². The zero-order chi connectivity index (χ0) is 15.0. The third kappa shape index (κ3) is 4.76. The van der Waals surface area contributed by atoms with E-state index in [2.05, 4.69) is 20.8 Å². The molecule has 118 valence electrons. The quantitative estimate of drug-likeness (QED) is 0.462. The molecular formula is C17H34N2O. The highest BCUT2D eigenvalue weighted by Gasteiger charge is 2.44. The van der Waals surface area contributed by atoms with E-state index in [1.807, 2.05) is 4.90 Å². The average molecular weight is 282 g/mol. The van der Waals surface area contributed by atoms with Gasteiger partial charge in [0.1, 0.15) is 6.04 Å². The second-order valence-corrected chi connectivity index (χ2v) is 6.67. The van der Waals surface area contributed by atoms with Gasteiger partial charge in [-0.3, -0.25) is 4.79 Å².